The van der Waals surface area contributed by atoms with Crippen LogP contribution in [0.5, 0.6) is 0 Å². The molecule has 0 aliphatic rings. The summed E-state index contributed by atoms with van der Waals surface area (Å²) < 4.78 is 152. The summed E-state index contributed by atoms with van der Waals surface area (Å²) in [6, 6.07) is 0. The van der Waals surface area contributed by atoms with Gasteiger partial charge in [-0.05, 0) is 0 Å². The van der Waals surface area contributed by atoms with Crippen LogP contribution in [0.1, 0.15) is 5.56 Å². The molecule has 0 amide bonds. The summed E-state index contributed by atoms with van der Waals surface area (Å²) in [7, 11) is 0. The van der Waals surface area contributed by atoms with Crippen molar-refractivity contribution in [2.45, 2.75) is 11.8 Å². The first-order valence-corrected chi connectivity index (χ1v) is 4.77. The Morgan fingerprint density at radius 2 is 0.909 bits per heavy atom. The van der Waals surface area contributed by atoms with E-state index in [9.17, 15) is 52.7 Å². The van der Waals surface area contributed by atoms with Gasteiger partial charge in [-0.1, -0.05) is 0 Å². The summed E-state index contributed by atoms with van der Waals surface area (Å²) in [6.45, 7) is 0. The molecule has 1 rings (SSSR count). The molecule has 0 nitrogen and oxygen atoms in total. The van der Waals surface area contributed by atoms with Crippen LogP contribution in [0.25, 0.3) is 0 Å². The molecule has 0 fully saturated rings. The van der Waals surface area contributed by atoms with E-state index in [1.54, 1.807) is 0 Å². The molecular formula is C10F12. The highest BCUT2D eigenvalue weighted by Crippen LogP contribution is 2.50. The van der Waals surface area contributed by atoms with E-state index in [0.29, 0.717) is 0 Å². The molecule has 0 spiro atoms. The quantitative estimate of drug-likeness (QED) is 0.401. The molecule has 1 aromatic carbocycles. The van der Waals surface area contributed by atoms with E-state index >= 15 is 0 Å². The Labute approximate surface area is 112 Å². The van der Waals surface area contributed by atoms with Crippen LogP contribution < -0.4 is 0 Å². The Bertz CT molecular complexity index is 611. The Morgan fingerprint density at radius 1 is 0.591 bits per heavy atom. The van der Waals surface area contributed by atoms with Crippen LogP contribution in [0.3, 0.4) is 0 Å². The molecular weight excluding hydrogens is 348 g/mol. The van der Waals surface area contributed by atoms with Gasteiger partial charge < -0.3 is 0 Å². The topological polar surface area (TPSA) is 0 Å². The minimum absolute atomic E-state index is 2.95. The zero-order chi connectivity index (χ0) is 17.6. The van der Waals surface area contributed by atoms with Gasteiger partial charge in [0, 0.05) is 0 Å². The number of halogens is 12. The molecule has 1 aromatic rings. The Hall–Kier alpha value is -1.88. The second-order valence-corrected chi connectivity index (χ2v) is 3.67. The summed E-state index contributed by atoms with van der Waals surface area (Å²) in [6.07, 6.45) is -3.96. The fourth-order valence-corrected chi connectivity index (χ4v) is 1.29. The van der Waals surface area contributed by atoms with Crippen molar-refractivity contribution in [2.24, 2.45) is 0 Å². The van der Waals surface area contributed by atoms with Crippen molar-refractivity contribution >= 4 is 0 Å². The van der Waals surface area contributed by atoms with Gasteiger partial charge >= 0.3 is 17.9 Å². The minimum atomic E-state index is -6.57. The lowest BCUT2D eigenvalue weighted by molar-refractivity contribution is -0.207. The van der Waals surface area contributed by atoms with Crippen LogP contribution in [0.4, 0.5) is 52.7 Å². The van der Waals surface area contributed by atoms with Gasteiger partial charge in [0.2, 0.25) is 11.6 Å². The normalized spacial score (nSPS) is 12.5. The van der Waals surface area contributed by atoms with Crippen molar-refractivity contribution in [1.29, 1.82) is 0 Å². The predicted molar refractivity (Wildman–Crippen MR) is 45.4 cm³/mol. The van der Waals surface area contributed by atoms with E-state index in [2.05, 4.69) is 0 Å². The average molecular weight is 348 g/mol. The third-order valence-corrected chi connectivity index (χ3v) is 2.36. The second kappa shape index (κ2) is 5.39. The maximum Gasteiger partial charge on any atom is 0.370 e. The van der Waals surface area contributed by atoms with Crippen LogP contribution in [0.2, 0.25) is 0 Å². The van der Waals surface area contributed by atoms with Crippen LogP contribution >= 0.6 is 0 Å². The third-order valence-electron chi connectivity index (χ3n) is 2.36. The number of alkyl halides is 4. The van der Waals surface area contributed by atoms with Crippen LogP contribution in [0, 0.1) is 29.1 Å². The van der Waals surface area contributed by atoms with E-state index in [0.717, 1.165) is 0 Å². The van der Waals surface area contributed by atoms with Crippen molar-refractivity contribution in [1.82, 2.24) is 0 Å². The molecule has 12 heteroatoms. The van der Waals surface area contributed by atoms with E-state index in [4.69, 9.17) is 0 Å². The first-order valence-electron chi connectivity index (χ1n) is 4.77. The van der Waals surface area contributed by atoms with E-state index in [1.165, 1.54) is 0 Å². The van der Waals surface area contributed by atoms with Crippen molar-refractivity contribution in [3.8, 4) is 0 Å². The van der Waals surface area contributed by atoms with Crippen molar-refractivity contribution in [2.75, 3.05) is 0 Å². The molecule has 22 heavy (non-hydrogen) atoms. The van der Waals surface area contributed by atoms with Gasteiger partial charge in [0.05, 0.1) is 0 Å². The van der Waals surface area contributed by atoms with Gasteiger partial charge in [0.25, 0.3) is 0 Å². The highest BCUT2D eigenvalue weighted by molar-refractivity contribution is 5.32. The molecule has 0 aromatic heterocycles. The van der Waals surface area contributed by atoms with Gasteiger partial charge in [-0.15, -0.1) is 0 Å². The van der Waals surface area contributed by atoms with E-state index < -0.39 is 58.4 Å². The van der Waals surface area contributed by atoms with Gasteiger partial charge in [-0.25, -0.2) is 22.0 Å². The largest absolute Gasteiger partial charge is 0.370 e. The molecule has 0 atom stereocenters. The molecule has 0 radical (unpaired) electrons. The number of benzene rings is 1. The lowest BCUT2D eigenvalue weighted by Crippen LogP contribution is -2.41. The molecule has 124 valence electrons. The Kier molecular flexibility index (Phi) is 4.45. The summed E-state index contributed by atoms with van der Waals surface area (Å²) >= 11 is 0. The second-order valence-electron chi connectivity index (χ2n) is 3.67. The third kappa shape index (κ3) is 2.39. The highest BCUT2D eigenvalue weighted by Gasteiger charge is 2.65. The maximum absolute atomic E-state index is 13.3. The number of rotatable bonds is 3. The average Bonchev–Trinajstić information content (AvgIpc) is 2.41. The number of allylic oxidation sites excluding steroid dienone is 1. The summed E-state index contributed by atoms with van der Waals surface area (Å²) in [5.41, 5.74) is -3.44. The minimum Gasteiger partial charge on any atom is -0.203 e. The van der Waals surface area contributed by atoms with Crippen molar-refractivity contribution in [3.05, 3.63) is 46.6 Å². The van der Waals surface area contributed by atoms with Crippen molar-refractivity contribution < 1.29 is 52.7 Å². The molecule has 0 N–H and O–H groups in total. The van der Waals surface area contributed by atoms with Crippen LogP contribution in [-0.2, 0) is 5.92 Å². The van der Waals surface area contributed by atoms with Gasteiger partial charge in [0.1, 0.15) is 5.56 Å². The SMILES string of the molecule is FC(F)=C(F)C(F)(F)C(F)(F)c1c(F)c(F)c(F)c(F)c1F. The van der Waals surface area contributed by atoms with Crippen LogP contribution in [-0.4, -0.2) is 5.92 Å². The van der Waals surface area contributed by atoms with Gasteiger partial charge in [0.15, 0.2) is 23.3 Å². The molecule has 0 bridgehead atoms. The molecule has 0 saturated carbocycles. The first-order chi connectivity index (χ1) is 9.78. The number of hydrogen-bond acceptors (Lipinski definition) is 0. The molecule has 0 aliphatic carbocycles. The Balaban J connectivity index is 3.78. The fraction of sp³-hybridized carbons (Fsp3) is 0.200. The molecule has 0 unspecified atom stereocenters. The van der Waals surface area contributed by atoms with Crippen molar-refractivity contribution in [3.63, 3.8) is 0 Å². The zero-order valence-corrected chi connectivity index (χ0v) is 9.54. The molecule has 0 aliphatic heterocycles. The lowest BCUT2D eigenvalue weighted by atomic mass is 9.99. The standard InChI is InChI=1S/C10F12/c11-2-1(3(12)5(14)6(15)4(2)13)9(19,20)10(21,22)7(16)8(17)18. The molecule has 0 saturated heterocycles. The first kappa shape index (κ1) is 18.2. The Morgan fingerprint density at radius 3 is 1.23 bits per heavy atom. The summed E-state index contributed by atoms with van der Waals surface area (Å²) in [5.74, 6) is -33.0. The highest BCUT2D eigenvalue weighted by atomic mass is 19.3. The maximum atomic E-state index is 13.3. The van der Waals surface area contributed by atoms with E-state index in [-0.39, 0.29) is 0 Å². The summed E-state index contributed by atoms with van der Waals surface area (Å²) in [5, 5.41) is 0. The zero-order valence-electron chi connectivity index (χ0n) is 9.54. The number of hydrogen-bond donors (Lipinski definition) is 0. The molecule has 0 heterocycles. The lowest BCUT2D eigenvalue weighted by Gasteiger charge is -2.26. The van der Waals surface area contributed by atoms with Gasteiger partial charge in [-0.2, -0.15) is 30.7 Å². The van der Waals surface area contributed by atoms with E-state index in [1.807, 2.05) is 0 Å². The monoisotopic (exact) mass is 348 g/mol. The summed E-state index contributed by atoms with van der Waals surface area (Å²) in [4.78, 5) is 0. The smallest absolute Gasteiger partial charge is 0.203 e. The van der Waals surface area contributed by atoms with Crippen LogP contribution in [0.15, 0.2) is 11.9 Å². The predicted octanol–water partition coefficient (Wildman–Crippen LogP) is 5.19. The van der Waals surface area contributed by atoms with Gasteiger partial charge in [-0.3, -0.25) is 0 Å². The fourth-order valence-electron chi connectivity index (χ4n) is 1.29.